The molecule has 166 valence electrons. The Balaban J connectivity index is 0. The normalized spacial score (nSPS) is 28.0. The number of Topliss-reactive ketones (excluding diaryl/α,β-unsaturated/α-hetero) is 2. The molecule has 2 atom stereocenters. The SMILES string of the molecule is CC(C)N[C@@]1(C)CN(C)CC=CCCC[C@@](C)(C(=O)C(C)C)NCC1=O.S.S. The lowest BCUT2D eigenvalue weighted by Gasteiger charge is -2.37. The van der Waals surface area contributed by atoms with Gasteiger partial charge in [-0.1, -0.05) is 26.0 Å². The van der Waals surface area contributed by atoms with Gasteiger partial charge in [-0.25, -0.2) is 0 Å². The fourth-order valence-corrected chi connectivity index (χ4v) is 3.81. The molecular formula is C21H43N3O2S2. The first kappa shape index (κ1) is 29.9. The Morgan fingerprint density at radius 2 is 1.79 bits per heavy atom. The summed E-state index contributed by atoms with van der Waals surface area (Å²) in [5.74, 6) is 0.226. The van der Waals surface area contributed by atoms with Crippen LogP contribution < -0.4 is 10.6 Å². The lowest BCUT2D eigenvalue weighted by molar-refractivity contribution is -0.129. The molecule has 5 nitrogen and oxygen atoms in total. The summed E-state index contributed by atoms with van der Waals surface area (Å²) in [5.41, 5.74) is -1.31. The van der Waals surface area contributed by atoms with Crippen molar-refractivity contribution in [3.05, 3.63) is 12.2 Å². The number of ketones is 2. The number of likely N-dealkylation sites (N-methyl/N-ethyl adjacent to an activating group) is 1. The van der Waals surface area contributed by atoms with E-state index in [0.29, 0.717) is 6.54 Å². The van der Waals surface area contributed by atoms with E-state index < -0.39 is 11.1 Å². The van der Waals surface area contributed by atoms with Crippen molar-refractivity contribution < 1.29 is 9.59 Å². The van der Waals surface area contributed by atoms with E-state index in [1.165, 1.54) is 0 Å². The molecule has 0 radical (unpaired) electrons. The summed E-state index contributed by atoms with van der Waals surface area (Å²) >= 11 is 0. The molecular weight excluding hydrogens is 390 g/mol. The molecule has 0 saturated heterocycles. The van der Waals surface area contributed by atoms with Crippen LogP contribution in [0.25, 0.3) is 0 Å². The van der Waals surface area contributed by atoms with Crippen LogP contribution in [0.15, 0.2) is 12.2 Å². The second-order valence-corrected chi connectivity index (χ2v) is 8.82. The zero-order valence-electron chi connectivity index (χ0n) is 18.8. The van der Waals surface area contributed by atoms with Gasteiger partial charge in [-0.15, -0.1) is 0 Å². The fraction of sp³-hybridized carbons (Fsp3) is 0.810. The van der Waals surface area contributed by atoms with E-state index in [1.807, 2.05) is 34.7 Å². The standard InChI is InChI=1S/C21H39N3O2.2H2S/c1-16(2)19(26)20(5)12-10-8-9-11-13-24(7)15-21(6,23-17(3)4)18(25)14-22-20;;/h9,11,16-17,22-23H,8,10,12-15H2,1-7H3;2*1H2/t20-,21-;;/m0../s1. The third-order valence-electron chi connectivity index (χ3n) is 5.15. The van der Waals surface area contributed by atoms with Gasteiger partial charge in [0.1, 0.15) is 0 Å². The quantitative estimate of drug-likeness (QED) is 0.668. The first-order valence-corrected chi connectivity index (χ1v) is 9.94. The number of nitrogens with zero attached hydrogens (tertiary/aromatic N) is 1. The molecule has 7 heteroatoms. The molecule has 0 amide bonds. The molecule has 0 aliphatic carbocycles. The lowest BCUT2D eigenvalue weighted by atomic mass is 9.84. The molecule has 0 unspecified atom stereocenters. The minimum atomic E-state index is -0.656. The first-order valence-electron chi connectivity index (χ1n) is 9.94. The Morgan fingerprint density at radius 3 is 2.32 bits per heavy atom. The molecule has 28 heavy (non-hydrogen) atoms. The predicted molar refractivity (Wildman–Crippen MR) is 129 cm³/mol. The van der Waals surface area contributed by atoms with Crippen LogP contribution in [0.1, 0.15) is 60.8 Å². The summed E-state index contributed by atoms with van der Waals surface area (Å²) in [6.45, 7) is 13.5. The van der Waals surface area contributed by atoms with Gasteiger partial charge in [0.25, 0.3) is 0 Å². The maximum absolute atomic E-state index is 13.1. The second kappa shape index (κ2) is 13.1. The van der Waals surface area contributed by atoms with E-state index >= 15 is 0 Å². The number of rotatable bonds is 4. The van der Waals surface area contributed by atoms with Gasteiger partial charge in [-0.05, 0) is 54.0 Å². The summed E-state index contributed by atoms with van der Waals surface area (Å²) in [4.78, 5) is 28.1. The zero-order valence-corrected chi connectivity index (χ0v) is 20.8. The molecule has 1 aliphatic rings. The van der Waals surface area contributed by atoms with Crippen LogP contribution in [-0.2, 0) is 9.59 Å². The molecule has 0 fully saturated rings. The van der Waals surface area contributed by atoms with Crippen LogP contribution in [0.5, 0.6) is 0 Å². The number of hydrogen-bond acceptors (Lipinski definition) is 5. The minimum Gasteiger partial charge on any atom is -0.302 e. The van der Waals surface area contributed by atoms with Crippen LogP contribution in [0.3, 0.4) is 0 Å². The van der Waals surface area contributed by atoms with Crippen LogP contribution in [0, 0.1) is 5.92 Å². The van der Waals surface area contributed by atoms with E-state index in [0.717, 1.165) is 25.8 Å². The topological polar surface area (TPSA) is 61.4 Å². The Morgan fingerprint density at radius 1 is 1.18 bits per heavy atom. The molecule has 2 N–H and O–H groups in total. The molecule has 0 aromatic rings. The summed E-state index contributed by atoms with van der Waals surface area (Å²) < 4.78 is 0. The molecule has 1 aliphatic heterocycles. The van der Waals surface area contributed by atoms with Gasteiger partial charge in [0.05, 0.1) is 17.6 Å². The predicted octanol–water partition coefficient (Wildman–Crippen LogP) is 2.78. The van der Waals surface area contributed by atoms with E-state index in [4.69, 9.17) is 0 Å². The van der Waals surface area contributed by atoms with Crippen LogP contribution in [0.4, 0.5) is 0 Å². The van der Waals surface area contributed by atoms with Crippen molar-refractivity contribution in [1.82, 2.24) is 15.5 Å². The van der Waals surface area contributed by atoms with Crippen molar-refractivity contribution in [2.24, 2.45) is 5.92 Å². The Bertz CT molecular complexity index is 526. The number of carbonyl (C=O) groups excluding carboxylic acids is 2. The molecule has 1 rings (SSSR count). The monoisotopic (exact) mass is 433 g/mol. The largest absolute Gasteiger partial charge is 0.302 e. The van der Waals surface area contributed by atoms with Crippen molar-refractivity contribution in [3.63, 3.8) is 0 Å². The molecule has 0 aromatic heterocycles. The van der Waals surface area contributed by atoms with Gasteiger partial charge in [0, 0.05) is 25.0 Å². The maximum atomic E-state index is 13.1. The van der Waals surface area contributed by atoms with E-state index in [1.54, 1.807) is 0 Å². The van der Waals surface area contributed by atoms with Gasteiger partial charge in [-0.3, -0.25) is 14.9 Å². The van der Waals surface area contributed by atoms with Gasteiger partial charge in [0.2, 0.25) is 0 Å². The average molecular weight is 434 g/mol. The Kier molecular flexibility index (Phi) is 13.9. The van der Waals surface area contributed by atoms with Gasteiger partial charge in [-0.2, -0.15) is 27.0 Å². The van der Waals surface area contributed by atoms with Crippen molar-refractivity contribution in [2.75, 3.05) is 26.7 Å². The highest BCUT2D eigenvalue weighted by atomic mass is 32.1. The number of nitrogens with one attached hydrogen (secondary N) is 2. The summed E-state index contributed by atoms with van der Waals surface area (Å²) in [6.07, 6.45) is 6.96. The molecule has 0 aromatic carbocycles. The highest BCUT2D eigenvalue weighted by molar-refractivity contribution is 7.59. The van der Waals surface area contributed by atoms with Crippen LogP contribution >= 0.6 is 27.0 Å². The Labute approximate surface area is 186 Å². The van der Waals surface area contributed by atoms with Crippen LogP contribution in [-0.4, -0.2) is 60.3 Å². The number of allylic oxidation sites excluding steroid dienone is 1. The van der Waals surface area contributed by atoms with Crippen molar-refractivity contribution in [3.8, 4) is 0 Å². The van der Waals surface area contributed by atoms with Crippen LogP contribution in [0.2, 0.25) is 0 Å². The second-order valence-electron chi connectivity index (χ2n) is 8.82. The lowest BCUT2D eigenvalue weighted by Crippen LogP contribution is -2.62. The smallest absolute Gasteiger partial charge is 0.167 e. The van der Waals surface area contributed by atoms with Gasteiger partial charge >= 0.3 is 0 Å². The van der Waals surface area contributed by atoms with E-state index in [9.17, 15) is 9.59 Å². The fourth-order valence-electron chi connectivity index (χ4n) is 3.81. The molecule has 0 bridgehead atoms. The number of hydrogen-bond donors (Lipinski definition) is 2. The molecule has 0 spiro atoms. The van der Waals surface area contributed by atoms with Gasteiger partial charge in [0.15, 0.2) is 11.6 Å². The van der Waals surface area contributed by atoms with Crippen molar-refractivity contribution in [1.29, 1.82) is 0 Å². The third kappa shape index (κ3) is 8.99. The highest BCUT2D eigenvalue weighted by Gasteiger charge is 2.38. The number of carbonyl (C=O) groups is 2. The molecule has 0 saturated carbocycles. The highest BCUT2D eigenvalue weighted by Crippen LogP contribution is 2.21. The first-order chi connectivity index (χ1) is 12.0. The average Bonchev–Trinajstić information content (AvgIpc) is 2.53. The maximum Gasteiger partial charge on any atom is 0.167 e. The van der Waals surface area contributed by atoms with Crippen molar-refractivity contribution in [2.45, 2.75) is 77.9 Å². The molecule has 1 heterocycles. The summed E-state index contributed by atoms with van der Waals surface area (Å²) in [6, 6.07) is 0.201. The minimum absolute atomic E-state index is 0. The van der Waals surface area contributed by atoms with E-state index in [2.05, 4.69) is 41.5 Å². The van der Waals surface area contributed by atoms with E-state index in [-0.39, 0.29) is 57.1 Å². The van der Waals surface area contributed by atoms with Gasteiger partial charge < -0.3 is 10.2 Å². The van der Waals surface area contributed by atoms with Crippen molar-refractivity contribution >= 4 is 38.6 Å². The Hall–Kier alpha value is -0.340. The third-order valence-corrected chi connectivity index (χ3v) is 5.15. The summed E-state index contributed by atoms with van der Waals surface area (Å²) in [7, 11) is 2.04. The summed E-state index contributed by atoms with van der Waals surface area (Å²) in [5, 5.41) is 6.77. The zero-order chi connectivity index (χ0) is 20.0.